The molecule has 1 aliphatic heterocycles. The average molecular weight is 206 g/mol. The Labute approximate surface area is 90.5 Å². The molecule has 0 radical (unpaired) electrons. The van der Waals surface area contributed by atoms with Crippen LogP contribution in [0.4, 0.5) is 0 Å². The van der Waals surface area contributed by atoms with Gasteiger partial charge < -0.3 is 5.73 Å². The molecule has 4 nitrogen and oxygen atoms in total. The lowest BCUT2D eigenvalue weighted by Crippen LogP contribution is -2.22. The molecule has 1 atom stereocenters. The first-order valence-electron chi connectivity index (χ1n) is 5.57. The quantitative estimate of drug-likeness (QED) is 0.785. The van der Waals surface area contributed by atoms with E-state index in [1.165, 1.54) is 6.42 Å². The topological polar surface area (TPSA) is 55.0 Å². The molecule has 1 fully saturated rings. The smallest absolute Gasteiger partial charge is 0.142 e. The predicted molar refractivity (Wildman–Crippen MR) is 59.1 cm³/mol. The summed E-state index contributed by atoms with van der Waals surface area (Å²) in [5.74, 6) is 1.70. The van der Waals surface area contributed by atoms with Crippen molar-refractivity contribution in [2.45, 2.75) is 19.4 Å². The number of hydrogen-bond donors (Lipinski definition) is 1. The fourth-order valence-electron chi connectivity index (χ4n) is 2.14. The Kier molecular flexibility index (Phi) is 3.64. The Morgan fingerprint density at radius 3 is 2.93 bits per heavy atom. The second kappa shape index (κ2) is 5.19. The molecule has 1 aliphatic rings. The second-order valence-corrected chi connectivity index (χ2v) is 4.13. The predicted octanol–water partition coefficient (Wildman–Crippen LogP) is 0.647. The molecule has 0 aliphatic carbocycles. The van der Waals surface area contributed by atoms with Crippen LogP contribution in [-0.2, 0) is 6.54 Å². The molecule has 2 N–H and O–H groups in total. The molecular weight excluding hydrogens is 188 g/mol. The van der Waals surface area contributed by atoms with E-state index in [0.717, 1.165) is 44.3 Å². The van der Waals surface area contributed by atoms with E-state index < -0.39 is 0 Å². The summed E-state index contributed by atoms with van der Waals surface area (Å²) in [5.41, 5.74) is 5.56. The maximum atomic E-state index is 5.56. The molecule has 0 bridgehead atoms. The van der Waals surface area contributed by atoms with E-state index in [0.29, 0.717) is 0 Å². The summed E-state index contributed by atoms with van der Waals surface area (Å²) in [6, 6.07) is 1.85. The fraction of sp³-hybridized carbons (Fsp3) is 0.636. The third-order valence-electron chi connectivity index (χ3n) is 2.93. The average Bonchev–Trinajstić information content (AvgIpc) is 2.68. The summed E-state index contributed by atoms with van der Waals surface area (Å²) in [7, 11) is 0. The van der Waals surface area contributed by atoms with Crippen molar-refractivity contribution < 1.29 is 0 Å². The first-order valence-corrected chi connectivity index (χ1v) is 5.57. The van der Waals surface area contributed by atoms with Gasteiger partial charge in [-0.05, 0) is 37.9 Å². The van der Waals surface area contributed by atoms with Crippen LogP contribution in [0.3, 0.4) is 0 Å². The van der Waals surface area contributed by atoms with Gasteiger partial charge in [-0.2, -0.15) is 0 Å². The van der Waals surface area contributed by atoms with E-state index in [2.05, 4.69) is 14.9 Å². The van der Waals surface area contributed by atoms with Crippen molar-refractivity contribution in [3.8, 4) is 0 Å². The number of hydrogen-bond acceptors (Lipinski definition) is 4. The van der Waals surface area contributed by atoms with Crippen LogP contribution in [0.1, 0.15) is 18.7 Å². The Hall–Kier alpha value is -1.00. The zero-order chi connectivity index (χ0) is 10.5. The van der Waals surface area contributed by atoms with Gasteiger partial charge in [0.15, 0.2) is 0 Å². The molecule has 0 spiro atoms. The minimum atomic E-state index is 0.777. The van der Waals surface area contributed by atoms with E-state index in [9.17, 15) is 0 Å². The van der Waals surface area contributed by atoms with Gasteiger partial charge in [-0.15, -0.1) is 0 Å². The molecule has 1 aromatic heterocycles. The van der Waals surface area contributed by atoms with Gasteiger partial charge in [0.1, 0.15) is 5.82 Å². The van der Waals surface area contributed by atoms with Crippen LogP contribution < -0.4 is 5.73 Å². The molecule has 15 heavy (non-hydrogen) atoms. The third kappa shape index (κ3) is 2.97. The largest absolute Gasteiger partial charge is 0.330 e. The number of nitrogens with two attached hydrogens (primary N) is 1. The maximum Gasteiger partial charge on any atom is 0.142 e. The molecule has 1 aromatic rings. The van der Waals surface area contributed by atoms with Crippen LogP contribution in [0.15, 0.2) is 18.5 Å². The zero-order valence-electron chi connectivity index (χ0n) is 8.97. The summed E-state index contributed by atoms with van der Waals surface area (Å²) in [4.78, 5) is 10.9. The molecule has 1 unspecified atom stereocenters. The normalized spacial score (nSPS) is 22.1. The molecule has 2 rings (SSSR count). The molecule has 2 heterocycles. The molecule has 0 aromatic carbocycles. The minimum absolute atomic E-state index is 0.777. The molecule has 1 saturated heterocycles. The van der Waals surface area contributed by atoms with Crippen molar-refractivity contribution in [1.82, 2.24) is 14.9 Å². The number of rotatable bonds is 4. The highest BCUT2D eigenvalue weighted by Gasteiger charge is 2.21. The Balaban J connectivity index is 1.82. The number of likely N-dealkylation sites (tertiary alicyclic amines) is 1. The Morgan fingerprint density at radius 2 is 2.20 bits per heavy atom. The highest BCUT2D eigenvalue weighted by atomic mass is 15.2. The highest BCUT2D eigenvalue weighted by molar-refractivity contribution is 4.89. The van der Waals surface area contributed by atoms with Gasteiger partial charge in [0.2, 0.25) is 0 Å². The fourth-order valence-corrected chi connectivity index (χ4v) is 2.14. The summed E-state index contributed by atoms with van der Waals surface area (Å²) >= 11 is 0. The second-order valence-electron chi connectivity index (χ2n) is 4.13. The van der Waals surface area contributed by atoms with Gasteiger partial charge >= 0.3 is 0 Å². The summed E-state index contributed by atoms with van der Waals surface area (Å²) in [6.45, 7) is 3.99. The number of aromatic nitrogens is 2. The van der Waals surface area contributed by atoms with Crippen molar-refractivity contribution in [1.29, 1.82) is 0 Å². The standard InChI is InChI=1S/C11H18N4/c12-4-2-10-3-7-15(8-10)9-11-13-5-1-6-14-11/h1,5-6,10H,2-4,7-9,12H2. The van der Waals surface area contributed by atoms with Crippen molar-refractivity contribution in [2.75, 3.05) is 19.6 Å². The highest BCUT2D eigenvalue weighted by Crippen LogP contribution is 2.19. The van der Waals surface area contributed by atoms with Crippen LogP contribution >= 0.6 is 0 Å². The van der Waals surface area contributed by atoms with Crippen LogP contribution in [0, 0.1) is 5.92 Å². The minimum Gasteiger partial charge on any atom is -0.330 e. The van der Waals surface area contributed by atoms with E-state index in [-0.39, 0.29) is 0 Å². The van der Waals surface area contributed by atoms with Crippen molar-refractivity contribution in [3.05, 3.63) is 24.3 Å². The molecular formula is C11H18N4. The summed E-state index contributed by atoms with van der Waals surface area (Å²) in [5, 5.41) is 0. The lowest BCUT2D eigenvalue weighted by atomic mass is 10.1. The molecule has 4 heteroatoms. The lowest BCUT2D eigenvalue weighted by Gasteiger charge is -2.14. The van der Waals surface area contributed by atoms with Gasteiger partial charge in [0.25, 0.3) is 0 Å². The zero-order valence-corrected chi connectivity index (χ0v) is 8.97. The maximum absolute atomic E-state index is 5.56. The Morgan fingerprint density at radius 1 is 1.40 bits per heavy atom. The lowest BCUT2D eigenvalue weighted by molar-refractivity contribution is 0.306. The van der Waals surface area contributed by atoms with Crippen LogP contribution in [0.25, 0.3) is 0 Å². The number of nitrogens with zero attached hydrogens (tertiary/aromatic N) is 3. The Bertz CT molecular complexity index is 288. The van der Waals surface area contributed by atoms with Crippen LogP contribution in [0.5, 0.6) is 0 Å². The van der Waals surface area contributed by atoms with E-state index in [4.69, 9.17) is 5.73 Å². The molecule has 0 saturated carbocycles. The van der Waals surface area contributed by atoms with Crippen molar-refractivity contribution in [2.24, 2.45) is 11.7 Å². The molecule has 0 amide bonds. The van der Waals surface area contributed by atoms with Gasteiger partial charge in [-0.1, -0.05) is 0 Å². The van der Waals surface area contributed by atoms with Crippen LogP contribution in [-0.4, -0.2) is 34.5 Å². The SMILES string of the molecule is NCCC1CCN(Cc2ncccn2)C1. The van der Waals surface area contributed by atoms with Crippen molar-refractivity contribution in [3.63, 3.8) is 0 Å². The molecule has 82 valence electrons. The van der Waals surface area contributed by atoms with Gasteiger partial charge in [0.05, 0.1) is 6.54 Å². The van der Waals surface area contributed by atoms with Gasteiger partial charge in [-0.25, -0.2) is 9.97 Å². The van der Waals surface area contributed by atoms with Gasteiger partial charge in [-0.3, -0.25) is 4.90 Å². The van der Waals surface area contributed by atoms with E-state index in [1.54, 1.807) is 12.4 Å². The third-order valence-corrected chi connectivity index (χ3v) is 2.93. The first kappa shape index (κ1) is 10.5. The summed E-state index contributed by atoms with van der Waals surface area (Å²) in [6.07, 6.45) is 6.02. The van der Waals surface area contributed by atoms with E-state index in [1.807, 2.05) is 6.07 Å². The van der Waals surface area contributed by atoms with E-state index >= 15 is 0 Å². The monoisotopic (exact) mass is 206 g/mol. The summed E-state index contributed by atoms with van der Waals surface area (Å²) < 4.78 is 0. The van der Waals surface area contributed by atoms with Crippen LogP contribution in [0.2, 0.25) is 0 Å². The van der Waals surface area contributed by atoms with Crippen molar-refractivity contribution >= 4 is 0 Å². The first-order chi connectivity index (χ1) is 7.38. The van der Waals surface area contributed by atoms with Gasteiger partial charge in [0, 0.05) is 18.9 Å².